The number of carboxylic acid groups (broad SMARTS) is 1. The lowest BCUT2D eigenvalue weighted by atomic mass is 9.31. The molecule has 0 radical (unpaired) electrons. The summed E-state index contributed by atoms with van der Waals surface area (Å²) in [5.41, 5.74) is 5.33. The molecule has 3 aromatic rings. The number of benzene rings is 3. The molecule has 1 atom stereocenters. The quantitative estimate of drug-likeness (QED) is 0.494. The third kappa shape index (κ3) is 3.19. The highest BCUT2D eigenvalue weighted by atomic mass is 19.1. The fourth-order valence-corrected chi connectivity index (χ4v) is 6.87. The van der Waals surface area contributed by atoms with E-state index < -0.39 is 23.5 Å². The van der Waals surface area contributed by atoms with Gasteiger partial charge in [0, 0.05) is 11.3 Å². The first-order valence-electron chi connectivity index (χ1n) is 11.9. The lowest BCUT2D eigenvalue weighted by Crippen LogP contribution is -2.73. The van der Waals surface area contributed by atoms with Gasteiger partial charge in [0.05, 0.1) is 0 Å². The third-order valence-electron chi connectivity index (χ3n) is 8.38. The van der Waals surface area contributed by atoms with Crippen LogP contribution in [0.3, 0.4) is 0 Å². The number of carbonyl (C=O) groups excluding carboxylic acids is 1. The van der Waals surface area contributed by atoms with Crippen molar-refractivity contribution in [2.75, 3.05) is 6.61 Å². The first-order chi connectivity index (χ1) is 16.8. The molecule has 0 aliphatic heterocycles. The highest BCUT2D eigenvalue weighted by molar-refractivity contribution is 5.82. The summed E-state index contributed by atoms with van der Waals surface area (Å²) in [6, 6.07) is 20.2. The molecule has 3 saturated carbocycles. The van der Waals surface area contributed by atoms with Crippen LogP contribution in [0.1, 0.15) is 47.4 Å². The van der Waals surface area contributed by atoms with Crippen molar-refractivity contribution in [3.05, 3.63) is 94.8 Å². The number of halogens is 1. The molecular formula is C29H26FNO4. The van der Waals surface area contributed by atoms with Gasteiger partial charge in [0.1, 0.15) is 18.5 Å². The normalized spacial score (nSPS) is 24.4. The second-order valence-electron chi connectivity index (χ2n) is 10.3. The summed E-state index contributed by atoms with van der Waals surface area (Å²) in [5, 5.41) is 12.5. The van der Waals surface area contributed by atoms with Crippen molar-refractivity contribution < 1.29 is 23.8 Å². The average molecular weight is 472 g/mol. The molecule has 5 nitrogen and oxygen atoms in total. The predicted octanol–water partition coefficient (Wildman–Crippen LogP) is 5.55. The molecule has 35 heavy (non-hydrogen) atoms. The first kappa shape index (κ1) is 21.8. The average Bonchev–Trinajstić information content (AvgIpc) is 3.11. The summed E-state index contributed by atoms with van der Waals surface area (Å²) in [4.78, 5) is 24.9. The lowest BCUT2D eigenvalue weighted by Gasteiger charge is -2.72. The SMILES string of the molecule is Cc1c(F)cccc1C12CC(C(NC(=O)OCC3c4ccccc4-c4ccccc43)C(=O)O)(C1)C2. The maximum absolute atomic E-state index is 14.1. The van der Waals surface area contributed by atoms with E-state index in [0.717, 1.165) is 27.8 Å². The Morgan fingerprint density at radius 2 is 1.60 bits per heavy atom. The van der Waals surface area contributed by atoms with E-state index in [1.807, 2.05) is 42.5 Å². The van der Waals surface area contributed by atoms with Crippen molar-refractivity contribution in [2.24, 2.45) is 5.41 Å². The highest BCUT2D eigenvalue weighted by Gasteiger charge is 2.73. The van der Waals surface area contributed by atoms with Gasteiger partial charge < -0.3 is 15.2 Å². The first-order valence-corrected chi connectivity index (χ1v) is 11.9. The van der Waals surface area contributed by atoms with E-state index >= 15 is 0 Å². The van der Waals surface area contributed by atoms with Gasteiger partial charge in [-0.1, -0.05) is 60.7 Å². The van der Waals surface area contributed by atoms with Gasteiger partial charge in [0.2, 0.25) is 0 Å². The van der Waals surface area contributed by atoms with Crippen molar-refractivity contribution in [3.8, 4) is 11.1 Å². The van der Waals surface area contributed by atoms with Crippen LogP contribution in [0.4, 0.5) is 9.18 Å². The van der Waals surface area contributed by atoms with Gasteiger partial charge in [-0.2, -0.15) is 0 Å². The van der Waals surface area contributed by atoms with Gasteiger partial charge in [-0.15, -0.1) is 0 Å². The minimum atomic E-state index is -1.07. The Kier molecular flexibility index (Phi) is 4.78. The number of amides is 1. The number of fused-ring (bicyclic) bond motifs is 3. The standard InChI is InChI=1S/C29H26FNO4/c1-17-23(11-6-12-24(17)30)28-14-29(15-28,16-28)25(26(32)33)31-27(34)35-13-22-20-9-4-2-7-18(20)19-8-3-5-10-21(19)22/h2-12,22,25H,13-16H2,1H3,(H,31,34)(H,32,33). The molecule has 0 heterocycles. The van der Waals surface area contributed by atoms with E-state index in [0.29, 0.717) is 24.8 Å². The summed E-state index contributed by atoms with van der Waals surface area (Å²) in [7, 11) is 0. The van der Waals surface area contributed by atoms with Crippen molar-refractivity contribution in [1.82, 2.24) is 5.32 Å². The number of rotatable bonds is 6. The fraction of sp³-hybridized carbons (Fsp3) is 0.310. The van der Waals surface area contributed by atoms with Crippen LogP contribution < -0.4 is 5.32 Å². The number of hydrogen-bond donors (Lipinski definition) is 2. The molecule has 2 bridgehead atoms. The summed E-state index contributed by atoms with van der Waals surface area (Å²) in [6.45, 7) is 1.90. The molecule has 1 unspecified atom stereocenters. The Morgan fingerprint density at radius 1 is 1.00 bits per heavy atom. The maximum atomic E-state index is 14.1. The Balaban J connectivity index is 1.14. The highest BCUT2D eigenvalue weighted by Crippen LogP contribution is 2.75. The van der Waals surface area contributed by atoms with E-state index in [-0.39, 0.29) is 23.8 Å². The van der Waals surface area contributed by atoms with Gasteiger partial charge in [-0.25, -0.2) is 14.0 Å². The minimum Gasteiger partial charge on any atom is -0.480 e. The van der Waals surface area contributed by atoms with Crippen LogP contribution in [0.2, 0.25) is 0 Å². The Labute approximate surface area is 202 Å². The summed E-state index contributed by atoms with van der Waals surface area (Å²) >= 11 is 0. The molecule has 0 saturated heterocycles. The second kappa shape index (κ2) is 7.67. The number of carboxylic acids is 1. The van der Waals surface area contributed by atoms with E-state index in [4.69, 9.17) is 4.74 Å². The number of carbonyl (C=O) groups is 2. The molecule has 178 valence electrons. The zero-order valence-electron chi connectivity index (χ0n) is 19.4. The summed E-state index contributed by atoms with van der Waals surface area (Å²) in [6.07, 6.45) is 1.13. The van der Waals surface area contributed by atoms with Crippen molar-refractivity contribution in [2.45, 2.75) is 43.6 Å². The van der Waals surface area contributed by atoms with Crippen molar-refractivity contribution >= 4 is 12.1 Å². The van der Waals surface area contributed by atoms with Gasteiger partial charge in [0.25, 0.3) is 0 Å². The van der Waals surface area contributed by atoms with E-state index in [1.165, 1.54) is 6.07 Å². The summed E-state index contributed by atoms with van der Waals surface area (Å²) < 4.78 is 19.7. The minimum absolute atomic E-state index is 0.0920. The Hall–Kier alpha value is -3.67. The number of aliphatic carboxylic acids is 1. The topological polar surface area (TPSA) is 75.6 Å². The molecule has 3 aromatic carbocycles. The van der Waals surface area contributed by atoms with Gasteiger partial charge in [0.15, 0.2) is 0 Å². The molecule has 2 N–H and O–H groups in total. The predicted molar refractivity (Wildman–Crippen MR) is 129 cm³/mol. The second-order valence-corrected chi connectivity index (χ2v) is 10.3. The van der Waals surface area contributed by atoms with Crippen LogP contribution in [0.25, 0.3) is 11.1 Å². The largest absolute Gasteiger partial charge is 0.480 e. The number of ether oxygens (including phenoxy) is 1. The molecule has 4 aliphatic rings. The summed E-state index contributed by atoms with van der Waals surface area (Å²) in [5.74, 6) is -1.40. The van der Waals surface area contributed by atoms with E-state index in [2.05, 4.69) is 17.4 Å². The van der Waals surface area contributed by atoms with Crippen LogP contribution in [0.5, 0.6) is 0 Å². The van der Waals surface area contributed by atoms with E-state index in [1.54, 1.807) is 13.0 Å². The maximum Gasteiger partial charge on any atom is 0.407 e. The van der Waals surface area contributed by atoms with Crippen molar-refractivity contribution in [1.29, 1.82) is 0 Å². The Bertz CT molecular complexity index is 1300. The number of alkyl carbamates (subject to hydrolysis) is 1. The van der Waals surface area contributed by atoms with Crippen LogP contribution in [-0.2, 0) is 14.9 Å². The zero-order chi connectivity index (χ0) is 24.4. The van der Waals surface area contributed by atoms with E-state index in [9.17, 15) is 19.1 Å². The monoisotopic (exact) mass is 471 g/mol. The molecule has 0 aromatic heterocycles. The van der Waals surface area contributed by atoms with Crippen LogP contribution >= 0.6 is 0 Å². The zero-order valence-corrected chi connectivity index (χ0v) is 19.4. The molecule has 7 rings (SSSR count). The smallest absolute Gasteiger partial charge is 0.407 e. The molecular weight excluding hydrogens is 445 g/mol. The molecule has 0 spiro atoms. The van der Waals surface area contributed by atoms with Crippen LogP contribution in [0, 0.1) is 18.2 Å². The number of hydrogen-bond acceptors (Lipinski definition) is 3. The molecule has 4 aliphatic carbocycles. The van der Waals surface area contributed by atoms with Crippen LogP contribution in [-0.4, -0.2) is 29.8 Å². The van der Waals surface area contributed by atoms with Crippen LogP contribution in [0.15, 0.2) is 66.7 Å². The van der Waals surface area contributed by atoms with Gasteiger partial charge in [-0.3, -0.25) is 0 Å². The third-order valence-corrected chi connectivity index (χ3v) is 8.38. The molecule has 1 amide bonds. The molecule has 6 heteroatoms. The van der Waals surface area contributed by atoms with Gasteiger partial charge in [-0.05, 0) is 71.0 Å². The fourth-order valence-electron chi connectivity index (χ4n) is 6.87. The molecule has 3 fully saturated rings. The lowest BCUT2D eigenvalue weighted by molar-refractivity contribution is -0.183. The van der Waals surface area contributed by atoms with Gasteiger partial charge >= 0.3 is 12.1 Å². The Morgan fingerprint density at radius 3 is 2.20 bits per heavy atom. The number of nitrogens with one attached hydrogen (secondary N) is 1. The van der Waals surface area contributed by atoms with Crippen molar-refractivity contribution in [3.63, 3.8) is 0 Å².